The smallest absolute Gasteiger partial charge is 0.129 e. The van der Waals surface area contributed by atoms with Crippen LogP contribution in [0.15, 0.2) is 42.5 Å². The highest BCUT2D eigenvalue weighted by Gasteiger charge is 2.17. The Labute approximate surface area is 130 Å². The Morgan fingerprint density at radius 3 is 2.24 bits per heavy atom. The van der Waals surface area contributed by atoms with E-state index in [9.17, 15) is 4.39 Å². The summed E-state index contributed by atoms with van der Waals surface area (Å²) in [6.07, 6.45) is 0.561. The monoisotopic (exact) mass is 305 g/mol. The molecule has 2 aromatic carbocycles. The summed E-state index contributed by atoms with van der Waals surface area (Å²) in [7, 11) is 0. The second-order valence-electron chi connectivity index (χ2n) is 6.39. The van der Waals surface area contributed by atoms with E-state index in [1.807, 2.05) is 0 Å². The van der Waals surface area contributed by atoms with E-state index in [4.69, 9.17) is 17.3 Å². The van der Waals surface area contributed by atoms with Gasteiger partial charge in [-0.05, 0) is 35.1 Å². The largest absolute Gasteiger partial charge is 0.324 e. The van der Waals surface area contributed by atoms with Crippen LogP contribution in [0.5, 0.6) is 0 Å². The average Bonchev–Trinajstić information content (AvgIpc) is 2.38. The molecule has 0 aliphatic rings. The molecule has 0 aliphatic carbocycles. The molecule has 1 nitrogen and oxygen atoms in total. The van der Waals surface area contributed by atoms with E-state index >= 15 is 0 Å². The van der Waals surface area contributed by atoms with Gasteiger partial charge < -0.3 is 5.73 Å². The average molecular weight is 306 g/mol. The highest BCUT2D eigenvalue weighted by molar-refractivity contribution is 6.31. The van der Waals surface area contributed by atoms with Crippen LogP contribution in [0.1, 0.15) is 43.5 Å². The van der Waals surface area contributed by atoms with Crippen molar-refractivity contribution >= 4 is 11.6 Å². The highest BCUT2D eigenvalue weighted by Crippen LogP contribution is 2.28. The first-order valence-corrected chi connectivity index (χ1v) is 7.46. The van der Waals surface area contributed by atoms with E-state index < -0.39 is 6.04 Å². The van der Waals surface area contributed by atoms with Crippen LogP contribution in [0.25, 0.3) is 0 Å². The van der Waals surface area contributed by atoms with Crippen LogP contribution in [0, 0.1) is 5.82 Å². The molecular weight excluding hydrogens is 285 g/mol. The molecule has 0 radical (unpaired) electrons. The topological polar surface area (TPSA) is 26.0 Å². The summed E-state index contributed by atoms with van der Waals surface area (Å²) in [5.74, 6) is -0.346. The number of halogens is 2. The van der Waals surface area contributed by atoms with Crippen molar-refractivity contribution in [1.82, 2.24) is 0 Å². The first kappa shape index (κ1) is 16.0. The van der Waals surface area contributed by atoms with Gasteiger partial charge in [0.25, 0.3) is 0 Å². The lowest BCUT2D eigenvalue weighted by molar-refractivity contribution is 0.579. The molecule has 0 aromatic heterocycles. The normalized spacial score (nSPS) is 13.2. The van der Waals surface area contributed by atoms with Crippen LogP contribution in [0.2, 0.25) is 5.02 Å². The zero-order chi connectivity index (χ0) is 15.6. The molecule has 0 saturated heterocycles. The number of hydrogen-bond donors (Lipinski definition) is 1. The Kier molecular flexibility index (Phi) is 4.70. The number of rotatable bonds is 3. The van der Waals surface area contributed by atoms with E-state index in [0.717, 1.165) is 5.56 Å². The predicted molar refractivity (Wildman–Crippen MR) is 87.2 cm³/mol. The van der Waals surface area contributed by atoms with Gasteiger partial charge in [0.05, 0.1) is 0 Å². The maximum absolute atomic E-state index is 13.9. The lowest BCUT2D eigenvalue weighted by Gasteiger charge is -2.20. The summed E-state index contributed by atoms with van der Waals surface area (Å²) >= 11 is 6.06. The Bertz CT molecular complexity index is 594. The lowest BCUT2D eigenvalue weighted by Crippen LogP contribution is -2.16. The first-order chi connectivity index (χ1) is 9.79. The van der Waals surface area contributed by atoms with Crippen molar-refractivity contribution < 1.29 is 4.39 Å². The summed E-state index contributed by atoms with van der Waals surface area (Å²) in [5.41, 5.74) is 8.98. The predicted octanol–water partition coefficient (Wildman–Crippen LogP) is 5.02. The first-order valence-electron chi connectivity index (χ1n) is 7.08. The van der Waals surface area contributed by atoms with Gasteiger partial charge in [0.1, 0.15) is 5.82 Å². The zero-order valence-corrected chi connectivity index (χ0v) is 13.4. The third kappa shape index (κ3) is 3.84. The molecule has 21 heavy (non-hydrogen) atoms. The van der Waals surface area contributed by atoms with Crippen molar-refractivity contribution in [1.29, 1.82) is 0 Å². The molecule has 0 amide bonds. The van der Waals surface area contributed by atoms with Gasteiger partial charge in [0.15, 0.2) is 0 Å². The summed E-state index contributed by atoms with van der Waals surface area (Å²) in [6, 6.07) is 12.5. The maximum Gasteiger partial charge on any atom is 0.129 e. The van der Waals surface area contributed by atoms with Gasteiger partial charge in [-0.15, -0.1) is 0 Å². The fourth-order valence-electron chi connectivity index (χ4n) is 2.36. The molecule has 0 bridgehead atoms. The van der Waals surface area contributed by atoms with E-state index in [0.29, 0.717) is 17.0 Å². The molecule has 0 heterocycles. The van der Waals surface area contributed by atoms with Gasteiger partial charge in [0.2, 0.25) is 0 Å². The minimum Gasteiger partial charge on any atom is -0.324 e. The highest BCUT2D eigenvalue weighted by atomic mass is 35.5. The quantitative estimate of drug-likeness (QED) is 0.846. The Morgan fingerprint density at radius 2 is 1.71 bits per heavy atom. The van der Waals surface area contributed by atoms with Crippen LogP contribution in [0.3, 0.4) is 0 Å². The molecule has 0 aliphatic heterocycles. The molecule has 0 spiro atoms. The Hall–Kier alpha value is -1.38. The number of hydrogen-bond acceptors (Lipinski definition) is 1. The molecular formula is C18H21ClFN. The summed E-state index contributed by atoms with van der Waals surface area (Å²) in [6.45, 7) is 6.52. The Morgan fingerprint density at radius 1 is 1.10 bits per heavy atom. The number of benzene rings is 2. The van der Waals surface area contributed by atoms with Crippen molar-refractivity contribution in [3.63, 3.8) is 0 Å². The molecule has 1 atom stereocenters. The minimum atomic E-state index is -0.445. The fourth-order valence-corrected chi connectivity index (χ4v) is 2.66. The molecule has 2 aromatic rings. The van der Waals surface area contributed by atoms with Crippen molar-refractivity contribution in [2.45, 2.75) is 38.6 Å². The Balaban J connectivity index is 2.18. The van der Waals surface area contributed by atoms with Gasteiger partial charge in [-0.3, -0.25) is 0 Å². The van der Waals surface area contributed by atoms with Crippen molar-refractivity contribution in [3.05, 3.63) is 70.0 Å². The standard InChI is InChI=1S/C18H21ClFN/c1-18(2,3)13-9-7-12(8-10-13)11-16(21)17-14(19)5-4-6-15(17)20/h4-10,16H,11,21H2,1-3H3. The zero-order valence-electron chi connectivity index (χ0n) is 12.7. The van der Waals surface area contributed by atoms with Gasteiger partial charge >= 0.3 is 0 Å². The fraction of sp³-hybridized carbons (Fsp3) is 0.333. The van der Waals surface area contributed by atoms with Crippen molar-refractivity contribution in [2.24, 2.45) is 5.73 Å². The van der Waals surface area contributed by atoms with Crippen LogP contribution < -0.4 is 5.73 Å². The molecule has 112 valence electrons. The second-order valence-corrected chi connectivity index (χ2v) is 6.80. The van der Waals surface area contributed by atoms with Gasteiger partial charge in [0, 0.05) is 16.6 Å². The lowest BCUT2D eigenvalue weighted by atomic mass is 9.86. The van der Waals surface area contributed by atoms with Crippen LogP contribution >= 0.6 is 11.6 Å². The summed E-state index contributed by atoms with van der Waals surface area (Å²) in [4.78, 5) is 0. The van der Waals surface area contributed by atoms with Gasteiger partial charge in [-0.1, -0.05) is 62.7 Å². The van der Waals surface area contributed by atoms with Crippen molar-refractivity contribution in [2.75, 3.05) is 0 Å². The van der Waals surface area contributed by atoms with Gasteiger partial charge in [-0.25, -0.2) is 4.39 Å². The van der Waals surface area contributed by atoms with E-state index in [-0.39, 0.29) is 11.2 Å². The number of nitrogens with two attached hydrogens (primary N) is 1. The van der Waals surface area contributed by atoms with E-state index in [1.54, 1.807) is 12.1 Å². The van der Waals surface area contributed by atoms with Crippen LogP contribution in [0.4, 0.5) is 4.39 Å². The molecule has 2 N–H and O–H groups in total. The molecule has 0 fully saturated rings. The summed E-state index contributed by atoms with van der Waals surface area (Å²) < 4.78 is 13.9. The van der Waals surface area contributed by atoms with Crippen molar-refractivity contribution in [3.8, 4) is 0 Å². The van der Waals surface area contributed by atoms with Crippen LogP contribution in [-0.4, -0.2) is 0 Å². The van der Waals surface area contributed by atoms with Crippen LogP contribution in [-0.2, 0) is 11.8 Å². The maximum atomic E-state index is 13.9. The van der Waals surface area contributed by atoms with E-state index in [1.165, 1.54) is 11.6 Å². The third-order valence-electron chi connectivity index (χ3n) is 3.65. The summed E-state index contributed by atoms with van der Waals surface area (Å²) in [5, 5.41) is 0.383. The third-order valence-corrected chi connectivity index (χ3v) is 3.98. The van der Waals surface area contributed by atoms with Gasteiger partial charge in [-0.2, -0.15) is 0 Å². The second kappa shape index (κ2) is 6.17. The molecule has 0 saturated carbocycles. The minimum absolute atomic E-state index is 0.121. The molecule has 1 unspecified atom stereocenters. The molecule has 3 heteroatoms. The molecule has 2 rings (SSSR count). The SMILES string of the molecule is CC(C)(C)c1ccc(CC(N)c2c(F)cccc2Cl)cc1. The van der Waals surface area contributed by atoms with E-state index in [2.05, 4.69) is 45.0 Å².